The Labute approximate surface area is 127 Å². The summed E-state index contributed by atoms with van der Waals surface area (Å²) >= 11 is 0. The molecule has 116 valence electrons. The van der Waals surface area contributed by atoms with E-state index < -0.39 is 0 Å². The third-order valence-corrected chi connectivity index (χ3v) is 4.47. The van der Waals surface area contributed by atoms with Crippen molar-refractivity contribution in [2.24, 2.45) is 11.7 Å². The average Bonchev–Trinajstić information content (AvgIpc) is 2.47. The van der Waals surface area contributed by atoms with E-state index in [1.807, 2.05) is 6.07 Å². The maximum atomic E-state index is 11.2. The molecule has 1 aliphatic rings. The number of methoxy groups -OCH3 is 1. The average molecular weight is 290 g/mol. The van der Waals surface area contributed by atoms with Crippen molar-refractivity contribution in [2.75, 3.05) is 7.11 Å². The smallest absolute Gasteiger partial charge is 0.220 e. The number of hydrogen-bond donors (Lipinski definition) is 2. The van der Waals surface area contributed by atoms with Gasteiger partial charge in [0.15, 0.2) is 0 Å². The van der Waals surface area contributed by atoms with Gasteiger partial charge in [-0.05, 0) is 45.6 Å². The standard InChI is InChI=1S/C17H26N2O2/c1-11-4-9-16(21-3)15(10-11)12(2)19-14-7-5-13(6-8-14)17(18)20/h4,9-10,12-14,19H,5-8H2,1-3H3,(H2,18,20). The molecule has 1 amide bonds. The Hall–Kier alpha value is -1.55. The van der Waals surface area contributed by atoms with Crippen LogP contribution in [0, 0.1) is 12.8 Å². The molecule has 3 N–H and O–H groups in total. The molecule has 4 heteroatoms. The lowest BCUT2D eigenvalue weighted by molar-refractivity contribution is -0.122. The molecule has 0 aromatic heterocycles. The molecule has 1 unspecified atom stereocenters. The molecule has 0 radical (unpaired) electrons. The van der Waals surface area contributed by atoms with E-state index in [1.165, 1.54) is 11.1 Å². The third-order valence-electron chi connectivity index (χ3n) is 4.47. The van der Waals surface area contributed by atoms with Gasteiger partial charge in [0.2, 0.25) is 5.91 Å². The molecular formula is C17H26N2O2. The summed E-state index contributed by atoms with van der Waals surface area (Å²) in [7, 11) is 1.71. The first-order valence-electron chi connectivity index (χ1n) is 7.71. The highest BCUT2D eigenvalue weighted by Gasteiger charge is 2.26. The third kappa shape index (κ3) is 3.97. The zero-order valence-corrected chi connectivity index (χ0v) is 13.2. The molecule has 0 saturated heterocycles. The second kappa shape index (κ2) is 6.94. The largest absolute Gasteiger partial charge is 0.496 e. The van der Waals surface area contributed by atoms with Gasteiger partial charge in [-0.2, -0.15) is 0 Å². The Morgan fingerprint density at radius 3 is 2.57 bits per heavy atom. The van der Waals surface area contributed by atoms with Crippen LogP contribution >= 0.6 is 0 Å². The van der Waals surface area contributed by atoms with Crippen molar-refractivity contribution in [1.29, 1.82) is 0 Å². The fourth-order valence-electron chi connectivity index (χ4n) is 3.18. The van der Waals surface area contributed by atoms with Crippen LogP contribution in [0.3, 0.4) is 0 Å². The highest BCUT2D eigenvalue weighted by atomic mass is 16.5. The molecule has 1 aromatic rings. The summed E-state index contributed by atoms with van der Waals surface area (Å²) in [5.74, 6) is 0.833. The monoisotopic (exact) mass is 290 g/mol. The minimum absolute atomic E-state index is 0.0619. The minimum Gasteiger partial charge on any atom is -0.496 e. The number of carbonyl (C=O) groups excluding carboxylic acids is 1. The molecule has 1 aliphatic carbocycles. The van der Waals surface area contributed by atoms with Crippen molar-refractivity contribution >= 4 is 5.91 Å². The van der Waals surface area contributed by atoms with Gasteiger partial charge in [0.1, 0.15) is 5.75 Å². The number of hydrogen-bond acceptors (Lipinski definition) is 3. The molecule has 0 heterocycles. The summed E-state index contributed by atoms with van der Waals surface area (Å²) in [4.78, 5) is 11.2. The number of amides is 1. The van der Waals surface area contributed by atoms with Crippen molar-refractivity contribution < 1.29 is 9.53 Å². The summed E-state index contributed by atoms with van der Waals surface area (Å²) in [5, 5.41) is 3.66. The fraction of sp³-hybridized carbons (Fsp3) is 0.588. The predicted molar refractivity (Wildman–Crippen MR) is 84.2 cm³/mol. The van der Waals surface area contributed by atoms with Crippen LogP contribution < -0.4 is 15.8 Å². The number of benzene rings is 1. The summed E-state index contributed by atoms with van der Waals surface area (Å²) in [6.07, 6.45) is 3.80. The van der Waals surface area contributed by atoms with E-state index in [4.69, 9.17) is 10.5 Å². The van der Waals surface area contributed by atoms with Gasteiger partial charge in [-0.15, -0.1) is 0 Å². The Morgan fingerprint density at radius 2 is 2.00 bits per heavy atom. The first-order valence-corrected chi connectivity index (χ1v) is 7.71. The molecule has 1 aromatic carbocycles. The summed E-state index contributed by atoms with van der Waals surface area (Å²) < 4.78 is 5.46. The molecule has 0 bridgehead atoms. The SMILES string of the molecule is COc1ccc(C)cc1C(C)NC1CCC(C(N)=O)CC1. The minimum atomic E-state index is -0.151. The lowest BCUT2D eigenvalue weighted by Crippen LogP contribution is -2.37. The number of ether oxygens (including phenoxy) is 1. The van der Waals surface area contributed by atoms with Gasteiger partial charge in [-0.1, -0.05) is 17.7 Å². The molecular weight excluding hydrogens is 264 g/mol. The first kappa shape index (κ1) is 15.8. The number of carbonyl (C=O) groups is 1. The zero-order valence-electron chi connectivity index (χ0n) is 13.2. The second-order valence-corrected chi connectivity index (χ2v) is 6.08. The van der Waals surface area contributed by atoms with E-state index in [0.29, 0.717) is 6.04 Å². The number of nitrogens with one attached hydrogen (secondary N) is 1. The molecule has 1 atom stereocenters. The van der Waals surface area contributed by atoms with Crippen LogP contribution in [0.15, 0.2) is 18.2 Å². The Bertz CT molecular complexity index is 494. The van der Waals surface area contributed by atoms with Crippen LogP contribution in [0.1, 0.15) is 49.8 Å². The molecule has 21 heavy (non-hydrogen) atoms. The molecule has 2 rings (SSSR count). The van der Waals surface area contributed by atoms with Crippen LogP contribution in [0.5, 0.6) is 5.75 Å². The number of nitrogens with two attached hydrogens (primary N) is 1. The highest BCUT2D eigenvalue weighted by Crippen LogP contribution is 2.29. The quantitative estimate of drug-likeness (QED) is 0.876. The van der Waals surface area contributed by atoms with Crippen LogP contribution in [-0.2, 0) is 4.79 Å². The molecule has 0 spiro atoms. The van der Waals surface area contributed by atoms with Gasteiger partial charge in [0.05, 0.1) is 7.11 Å². The van der Waals surface area contributed by atoms with E-state index in [9.17, 15) is 4.79 Å². The van der Waals surface area contributed by atoms with Crippen LogP contribution in [-0.4, -0.2) is 19.1 Å². The van der Waals surface area contributed by atoms with Crippen molar-refractivity contribution in [1.82, 2.24) is 5.32 Å². The van der Waals surface area contributed by atoms with Crippen molar-refractivity contribution in [3.05, 3.63) is 29.3 Å². The van der Waals surface area contributed by atoms with Gasteiger partial charge in [-0.3, -0.25) is 4.79 Å². The first-order chi connectivity index (χ1) is 10.0. The Morgan fingerprint density at radius 1 is 1.33 bits per heavy atom. The van der Waals surface area contributed by atoms with Gasteiger partial charge >= 0.3 is 0 Å². The Kier molecular flexibility index (Phi) is 5.23. The van der Waals surface area contributed by atoms with Crippen LogP contribution in [0.25, 0.3) is 0 Å². The maximum absolute atomic E-state index is 11.2. The number of primary amides is 1. The van der Waals surface area contributed by atoms with E-state index >= 15 is 0 Å². The van der Waals surface area contributed by atoms with E-state index in [1.54, 1.807) is 7.11 Å². The number of aryl methyl sites for hydroxylation is 1. The van der Waals surface area contributed by atoms with Gasteiger partial charge < -0.3 is 15.8 Å². The fourth-order valence-corrected chi connectivity index (χ4v) is 3.18. The molecule has 1 fully saturated rings. The Balaban J connectivity index is 1.98. The summed E-state index contributed by atoms with van der Waals surface area (Å²) in [5.41, 5.74) is 7.81. The highest BCUT2D eigenvalue weighted by molar-refractivity contribution is 5.76. The van der Waals surface area contributed by atoms with E-state index in [2.05, 4.69) is 31.3 Å². The van der Waals surface area contributed by atoms with Gasteiger partial charge in [0.25, 0.3) is 0 Å². The topological polar surface area (TPSA) is 64.3 Å². The summed E-state index contributed by atoms with van der Waals surface area (Å²) in [6, 6.07) is 6.93. The molecule has 0 aliphatic heterocycles. The lowest BCUT2D eigenvalue weighted by Gasteiger charge is -2.30. The number of rotatable bonds is 5. The van der Waals surface area contributed by atoms with Gasteiger partial charge in [0, 0.05) is 23.6 Å². The zero-order chi connectivity index (χ0) is 15.4. The summed E-state index contributed by atoms with van der Waals surface area (Å²) in [6.45, 7) is 4.26. The maximum Gasteiger partial charge on any atom is 0.220 e. The van der Waals surface area contributed by atoms with E-state index in [-0.39, 0.29) is 17.9 Å². The normalized spacial score (nSPS) is 23.6. The van der Waals surface area contributed by atoms with Crippen molar-refractivity contribution in [3.8, 4) is 5.75 Å². The lowest BCUT2D eigenvalue weighted by atomic mass is 9.85. The predicted octanol–water partition coefficient (Wildman–Crippen LogP) is 2.70. The van der Waals surface area contributed by atoms with Crippen LogP contribution in [0.2, 0.25) is 0 Å². The van der Waals surface area contributed by atoms with Crippen molar-refractivity contribution in [2.45, 2.75) is 51.6 Å². The van der Waals surface area contributed by atoms with Crippen LogP contribution in [0.4, 0.5) is 0 Å². The molecule has 4 nitrogen and oxygen atoms in total. The molecule has 1 saturated carbocycles. The van der Waals surface area contributed by atoms with Crippen molar-refractivity contribution in [3.63, 3.8) is 0 Å². The second-order valence-electron chi connectivity index (χ2n) is 6.08. The van der Waals surface area contributed by atoms with Gasteiger partial charge in [-0.25, -0.2) is 0 Å². The van der Waals surface area contributed by atoms with E-state index in [0.717, 1.165) is 31.4 Å².